The summed E-state index contributed by atoms with van der Waals surface area (Å²) in [5.74, 6) is -0.152. The van der Waals surface area contributed by atoms with Gasteiger partial charge in [0.25, 0.3) is 0 Å². The van der Waals surface area contributed by atoms with E-state index in [1.165, 1.54) is 18.3 Å². The van der Waals surface area contributed by atoms with E-state index in [9.17, 15) is 14.9 Å². The molecule has 2 heterocycles. The van der Waals surface area contributed by atoms with Crippen LogP contribution in [0, 0.1) is 10.1 Å². The number of rotatable bonds is 6. The third-order valence-electron chi connectivity index (χ3n) is 5.52. The number of esters is 1. The Bertz CT molecular complexity index is 929. The molecule has 2 aromatic rings. The average molecular weight is 414 g/mol. The van der Waals surface area contributed by atoms with Crippen molar-refractivity contribution in [3.8, 4) is 0 Å². The molecule has 0 atom stereocenters. The summed E-state index contributed by atoms with van der Waals surface area (Å²) in [6, 6.07) is 6.90. The fourth-order valence-electron chi connectivity index (χ4n) is 3.75. The van der Waals surface area contributed by atoms with E-state index in [2.05, 4.69) is 21.9 Å². The van der Waals surface area contributed by atoms with Gasteiger partial charge in [-0.3, -0.25) is 10.1 Å². The van der Waals surface area contributed by atoms with Gasteiger partial charge in [-0.1, -0.05) is 12.1 Å². The summed E-state index contributed by atoms with van der Waals surface area (Å²) in [5, 5.41) is 12.1. The van der Waals surface area contributed by atoms with Crippen LogP contribution in [-0.4, -0.2) is 73.1 Å². The Morgan fingerprint density at radius 2 is 1.83 bits per heavy atom. The standard InChI is InChI=1S/C20H26N6O4/c1-23-11-9-14(10-12-23)24(2)18-17(26(28)29)19(22-13-21-18)25(3)16-8-6-5-7-15(16)20(27)30-4/h5-8,13-14H,9-12H2,1-4H3. The van der Waals surface area contributed by atoms with Crippen LogP contribution in [0.15, 0.2) is 30.6 Å². The highest BCUT2D eigenvalue weighted by Crippen LogP contribution is 2.38. The molecule has 0 amide bonds. The molecule has 1 aromatic carbocycles. The molecule has 10 heteroatoms. The molecular weight excluding hydrogens is 388 g/mol. The maximum atomic E-state index is 12.2. The molecule has 0 N–H and O–H groups in total. The van der Waals surface area contributed by atoms with Crippen LogP contribution in [0.25, 0.3) is 0 Å². The van der Waals surface area contributed by atoms with Crippen molar-refractivity contribution >= 4 is 29.0 Å². The van der Waals surface area contributed by atoms with Crippen molar-refractivity contribution in [1.82, 2.24) is 14.9 Å². The lowest BCUT2D eigenvalue weighted by Crippen LogP contribution is -2.42. The van der Waals surface area contributed by atoms with Crippen LogP contribution in [-0.2, 0) is 4.74 Å². The van der Waals surface area contributed by atoms with Gasteiger partial charge in [0.2, 0.25) is 11.6 Å². The zero-order chi connectivity index (χ0) is 21.8. The maximum absolute atomic E-state index is 12.2. The van der Waals surface area contributed by atoms with Crippen molar-refractivity contribution in [2.45, 2.75) is 18.9 Å². The lowest BCUT2D eigenvalue weighted by atomic mass is 10.0. The summed E-state index contributed by atoms with van der Waals surface area (Å²) in [4.78, 5) is 37.8. The molecule has 0 spiro atoms. The lowest BCUT2D eigenvalue weighted by Gasteiger charge is -2.35. The first-order valence-electron chi connectivity index (χ1n) is 9.67. The van der Waals surface area contributed by atoms with Crippen LogP contribution >= 0.6 is 0 Å². The first-order chi connectivity index (χ1) is 14.3. The summed E-state index contributed by atoms with van der Waals surface area (Å²) < 4.78 is 4.85. The summed E-state index contributed by atoms with van der Waals surface area (Å²) in [5.41, 5.74) is 0.556. The fraction of sp³-hybridized carbons (Fsp3) is 0.450. The minimum absolute atomic E-state index is 0.112. The Kier molecular flexibility index (Phi) is 6.46. The lowest BCUT2D eigenvalue weighted by molar-refractivity contribution is -0.383. The average Bonchev–Trinajstić information content (AvgIpc) is 2.77. The van der Waals surface area contributed by atoms with E-state index in [0.29, 0.717) is 11.3 Å². The number of likely N-dealkylation sites (tertiary alicyclic amines) is 1. The first kappa shape index (κ1) is 21.4. The molecule has 0 aliphatic carbocycles. The summed E-state index contributed by atoms with van der Waals surface area (Å²) in [6.45, 7) is 1.85. The van der Waals surface area contributed by atoms with E-state index in [1.54, 1.807) is 31.3 Å². The molecule has 1 fully saturated rings. The van der Waals surface area contributed by atoms with E-state index in [-0.39, 0.29) is 23.4 Å². The SMILES string of the molecule is COC(=O)c1ccccc1N(C)c1ncnc(N(C)C2CCN(C)CC2)c1[N+](=O)[O-]. The smallest absolute Gasteiger partial charge is 0.353 e. The predicted molar refractivity (Wildman–Crippen MR) is 113 cm³/mol. The van der Waals surface area contributed by atoms with Crippen LogP contribution < -0.4 is 9.80 Å². The van der Waals surface area contributed by atoms with Crippen LogP contribution in [0.5, 0.6) is 0 Å². The van der Waals surface area contributed by atoms with Gasteiger partial charge in [0, 0.05) is 20.1 Å². The third kappa shape index (κ3) is 4.18. The van der Waals surface area contributed by atoms with Crippen molar-refractivity contribution in [2.75, 3.05) is 51.1 Å². The molecule has 0 saturated carbocycles. The number of ether oxygens (including phenoxy) is 1. The molecule has 0 radical (unpaired) electrons. The van der Waals surface area contributed by atoms with Crippen molar-refractivity contribution in [3.05, 3.63) is 46.3 Å². The minimum atomic E-state index is -0.530. The number of nitrogens with zero attached hydrogens (tertiary/aromatic N) is 6. The van der Waals surface area contributed by atoms with Gasteiger partial charge in [-0.15, -0.1) is 0 Å². The largest absolute Gasteiger partial charge is 0.465 e. The quantitative estimate of drug-likeness (QED) is 0.400. The Hall–Kier alpha value is -3.27. The van der Waals surface area contributed by atoms with Gasteiger partial charge in [-0.2, -0.15) is 0 Å². The second kappa shape index (κ2) is 9.04. The normalized spacial score (nSPS) is 14.9. The third-order valence-corrected chi connectivity index (χ3v) is 5.52. The first-order valence-corrected chi connectivity index (χ1v) is 9.67. The van der Waals surface area contributed by atoms with Crippen LogP contribution in [0.1, 0.15) is 23.2 Å². The molecule has 1 aliphatic heterocycles. The van der Waals surface area contributed by atoms with E-state index in [1.807, 2.05) is 11.9 Å². The maximum Gasteiger partial charge on any atom is 0.353 e. The van der Waals surface area contributed by atoms with Gasteiger partial charge in [-0.25, -0.2) is 14.8 Å². The number of para-hydroxylation sites is 1. The predicted octanol–water partition coefficient (Wildman–Crippen LogP) is 2.47. The Balaban J connectivity index is 2.04. The van der Waals surface area contributed by atoms with Gasteiger partial charge in [0.05, 0.1) is 23.3 Å². The van der Waals surface area contributed by atoms with E-state index in [4.69, 9.17) is 4.74 Å². The summed E-state index contributed by atoms with van der Waals surface area (Å²) in [6.07, 6.45) is 3.11. The highest BCUT2D eigenvalue weighted by molar-refractivity contribution is 5.97. The number of carbonyl (C=O) groups is 1. The number of hydrogen-bond donors (Lipinski definition) is 0. The molecule has 3 rings (SSSR count). The molecule has 1 aliphatic rings. The zero-order valence-electron chi connectivity index (χ0n) is 17.6. The fourth-order valence-corrected chi connectivity index (χ4v) is 3.75. The molecule has 1 saturated heterocycles. The van der Waals surface area contributed by atoms with Crippen LogP contribution in [0.4, 0.5) is 23.0 Å². The second-order valence-corrected chi connectivity index (χ2v) is 7.34. The van der Waals surface area contributed by atoms with Crippen LogP contribution in [0.2, 0.25) is 0 Å². The Labute approximate surface area is 175 Å². The van der Waals surface area contributed by atoms with Gasteiger partial charge in [-0.05, 0) is 45.1 Å². The molecule has 0 unspecified atom stereocenters. The summed E-state index contributed by atoms with van der Waals surface area (Å²) in [7, 11) is 6.82. The molecule has 160 valence electrons. The molecular formula is C20H26N6O4. The number of nitro groups is 1. The summed E-state index contributed by atoms with van der Waals surface area (Å²) >= 11 is 0. The number of methoxy groups -OCH3 is 1. The number of benzene rings is 1. The second-order valence-electron chi connectivity index (χ2n) is 7.34. The highest BCUT2D eigenvalue weighted by Gasteiger charge is 2.32. The van der Waals surface area contributed by atoms with Crippen molar-refractivity contribution < 1.29 is 14.5 Å². The van der Waals surface area contributed by atoms with E-state index < -0.39 is 10.9 Å². The Morgan fingerprint density at radius 1 is 1.20 bits per heavy atom. The van der Waals surface area contributed by atoms with Crippen LogP contribution in [0.3, 0.4) is 0 Å². The molecule has 30 heavy (non-hydrogen) atoms. The number of carbonyl (C=O) groups excluding carboxylic acids is 1. The number of hydrogen-bond acceptors (Lipinski definition) is 9. The zero-order valence-corrected chi connectivity index (χ0v) is 17.6. The Morgan fingerprint density at radius 3 is 2.47 bits per heavy atom. The molecule has 0 bridgehead atoms. The monoisotopic (exact) mass is 414 g/mol. The number of aromatic nitrogens is 2. The van der Waals surface area contributed by atoms with Crippen molar-refractivity contribution in [3.63, 3.8) is 0 Å². The molecule has 1 aromatic heterocycles. The topological polar surface area (TPSA) is 105 Å². The van der Waals surface area contributed by atoms with E-state index >= 15 is 0 Å². The van der Waals surface area contributed by atoms with Gasteiger partial charge in [0.1, 0.15) is 6.33 Å². The van der Waals surface area contributed by atoms with Crippen molar-refractivity contribution in [2.24, 2.45) is 0 Å². The van der Waals surface area contributed by atoms with Crippen molar-refractivity contribution in [1.29, 1.82) is 0 Å². The highest BCUT2D eigenvalue weighted by atomic mass is 16.6. The van der Waals surface area contributed by atoms with E-state index in [0.717, 1.165) is 25.9 Å². The van der Waals surface area contributed by atoms with Gasteiger partial charge >= 0.3 is 11.7 Å². The number of piperidine rings is 1. The molecule has 10 nitrogen and oxygen atoms in total. The van der Waals surface area contributed by atoms with Gasteiger partial charge < -0.3 is 19.4 Å². The van der Waals surface area contributed by atoms with Gasteiger partial charge in [0.15, 0.2) is 0 Å². The minimum Gasteiger partial charge on any atom is -0.465 e. The number of anilines is 3.